The molecule has 3 aromatic carbocycles. The molecule has 4 rings (SSSR count). The Bertz CT molecular complexity index is 1420. The standard InChI is InChI=1S/C27H22FIN2O5/c1-15-8-9-19(10-16(15)2)31-26(33)20(25(32)30-27(31)34)11-17-12-22(29)24(23(13-17)35-3)36-14-18-6-4-5-7-21(18)28/h4-13H,14H2,1-3H3,(H,30,32,34)/b20-11+. The number of nitrogens with zero attached hydrogens (tertiary/aromatic N) is 1. The summed E-state index contributed by atoms with van der Waals surface area (Å²) in [5, 5.41) is 2.23. The van der Waals surface area contributed by atoms with Crippen molar-refractivity contribution in [2.75, 3.05) is 12.0 Å². The second kappa shape index (κ2) is 10.5. The lowest BCUT2D eigenvalue weighted by Crippen LogP contribution is -2.54. The number of carbonyl (C=O) groups excluding carboxylic acids is 3. The molecule has 0 radical (unpaired) electrons. The number of aryl methyl sites for hydroxylation is 2. The number of urea groups is 1. The lowest BCUT2D eigenvalue weighted by Gasteiger charge is -2.27. The maximum atomic E-state index is 14.0. The molecule has 1 fully saturated rings. The molecule has 184 valence electrons. The highest BCUT2D eigenvalue weighted by molar-refractivity contribution is 14.1. The molecule has 0 unspecified atom stereocenters. The van der Waals surface area contributed by atoms with Gasteiger partial charge in [0, 0.05) is 5.56 Å². The summed E-state index contributed by atoms with van der Waals surface area (Å²) in [5.74, 6) is -1.16. The molecule has 1 saturated heterocycles. The van der Waals surface area contributed by atoms with Crippen LogP contribution in [-0.4, -0.2) is 25.0 Å². The van der Waals surface area contributed by atoms with Crippen molar-refractivity contribution < 1.29 is 28.2 Å². The van der Waals surface area contributed by atoms with Crippen molar-refractivity contribution in [3.63, 3.8) is 0 Å². The highest BCUT2D eigenvalue weighted by Crippen LogP contribution is 2.36. The molecular weight excluding hydrogens is 578 g/mol. The van der Waals surface area contributed by atoms with Crippen molar-refractivity contribution in [3.05, 3.63) is 91.8 Å². The molecule has 0 atom stereocenters. The smallest absolute Gasteiger partial charge is 0.335 e. The maximum absolute atomic E-state index is 14.0. The molecule has 0 aromatic heterocycles. The highest BCUT2D eigenvalue weighted by Gasteiger charge is 2.37. The van der Waals surface area contributed by atoms with Gasteiger partial charge in [-0.15, -0.1) is 0 Å². The number of amides is 4. The van der Waals surface area contributed by atoms with Gasteiger partial charge in [-0.3, -0.25) is 14.9 Å². The van der Waals surface area contributed by atoms with E-state index in [1.807, 2.05) is 36.4 Å². The summed E-state index contributed by atoms with van der Waals surface area (Å²) in [6.07, 6.45) is 1.39. The molecule has 7 nitrogen and oxygen atoms in total. The van der Waals surface area contributed by atoms with Crippen LogP contribution in [0.2, 0.25) is 0 Å². The zero-order chi connectivity index (χ0) is 26.0. The molecule has 1 aliphatic heterocycles. The number of benzene rings is 3. The second-order valence-electron chi connectivity index (χ2n) is 8.14. The topological polar surface area (TPSA) is 84.9 Å². The van der Waals surface area contributed by atoms with Gasteiger partial charge in [-0.2, -0.15) is 0 Å². The predicted molar refractivity (Wildman–Crippen MR) is 141 cm³/mol. The molecule has 1 heterocycles. The maximum Gasteiger partial charge on any atom is 0.335 e. The third-order valence-electron chi connectivity index (χ3n) is 5.74. The van der Waals surface area contributed by atoms with E-state index in [-0.39, 0.29) is 18.0 Å². The largest absolute Gasteiger partial charge is 0.493 e. The Labute approximate surface area is 221 Å². The Morgan fingerprint density at radius 2 is 1.78 bits per heavy atom. The third-order valence-corrected chi connectivity index (χ3v) is 6.54. The summed E-state index contributed by atoms with van der Waals surface area (Å²) in [5.41, 5.74) is 2.95. The lowest BCUT2D eigenvalue weighted by atomic mass is 10.0. The zero-order valence-electron chi connectivity index (χ0n) is 19.7. The van der Waals surface area contributed by atoms with Crippen molar-refractivity contribution in [1.29, 1.82) is 0 Å². The molecule has 9 heteroatoms. The first-order valence-electron chi connectivity index (χ1n) is 10.9. The Hall–Kier alpha value is -3.73. The van der Waals surface area contributed by atoms with E-state index in [0.29, 0.717) is 31.9 Å². The van der Waals surface area contributed by atoms with E-state index in [9.17, 15) is 18.8 Å². The summed E-state index contributed by atoms with van der Waals surface area (Å²) in [6.45, 7) is 3.79. The summed E-state index contributed by atoms with van der Waals surface area (Å²) in [7, 11) is 1.46. The number of rotatable bonds is 6. The van der Waals surface area contributed by atoms with Crippen molar-refractivity contribution in [2.24, 2.45) is 0 Å². The fourth-order valence-electron chi connectivity index (χ4n) is 3.65. The van der Waals surface area contributed by atoms with Crippen LogP contribution in [0.4, 0.5) is 14.9 Å². The molecule has 0 aliphatic carbocycles. The van der Waals surface area contributed by atoms with E-state index in [2.05, 4.69) is 5.32 Å². The van der Waals surface area contributed by atoms with Gasteiger partial charge in [0.25, 0.3) is 11.8 Å². The number of hydrogen-bond acceptors (Lipinski definition) is 5. The average molecular weight is 600 g/mol. The van der Waals surface area contributed by atoms with Crippen LogP contribution < -0.4 is 19.7 Å². The van der Waals surface area contributed by atoms with E-state index in [1.165, 1.54) is 19.3 Å². The van der Waals surface area contributed by atoms with Crippen LogP contribution >= 0.6 is 22.6 Å². The van der Waals surface area contributed by atoms with Crippen molar-refractivity contribution in [2.45, 2.75) is 20.5 Å². The van der Waals surface area contributed by atoms with E-state index in [1.54, 1.807) is 48.5 Å². The second-order valence-corrected chi connectivity index (χ2v) is 9.30. The lowest BCUT2D eigenvalue weighted by molar-refractivity contribution is -0.122. The number of halogens is 2. The van der Waals surface area contributed by atoms with Crippen LogP contribution in [0.1, 0.15) is 22.3 Å². The number of hydrogen-bond donors (Lipinski definition) is 1. The molecule has 3 aromatic rings. The van der Waals surface area contributed by atoms with Crippen molar-refractivity contribution in [3.8, 4) is 11.5 Å². The first-order chi connectivity index (χ1) is 17.2. The Balaban J connectivity index is 1.66. The normalized spacial score (nSPS) is 14.8. The minimum Gasteiger partial charge on any atom is -0.493 e. The van der Waals surface area contributed by atoms with Gasteiger partial charge in [0.1, 0.15) is 18.0 Å². The van der Waals surface area contributed by atoms with Gasteiger partial charge in [-0.1, -0.05) is 24.3 Å². The van der Waals surface area contributed by atoms with Gasteiger partial charge in [-0.05, 0) is 89.5 Å². The molecule has 0 saturated carbocycles. The van der Waals surface area contributed by atoms with Crippen LogP contribution in [0.15, 0.2) is 60.2 Å². The Morgan fingerprint density at radius 1 is 1.03 bits per heavy atom. The van der Waals surface area contributed by atoms with E-state index < -0.39 is 17.8 Å². The van der Waals surface area contributed by atoms with E-state index in [0.717, 1.165) is 16.0 Å². The quantitative estimate of drug-likeness (QED) is 0.236. The van der Waals surface area contributed by atoms with Crippen LogP contribution in [-0.2, 0) is 16.2 Å². The number of ether oxygens (including phenoxy) is 2. The fraction of sp³-hybridized carbons (Fsp3) is 0.148. The monoisotopic (exact) mass is 600 g/mol. The zero-order valence-corrected chi connectivity index (χ0v) is 21.9. The Morgan fingerprint density at radius 3 is 2.47 bits per heavy atom. The van der Waals surface area contributed by atoms with Crippen LogP contribution in [0, 0.1) is 23.2 Å². The molecular formula is C27H22FIN2O5. The molecule has 36 heavy (non-hydrogen) atoms. The van der Waals surface area contributed by atoms with Crippen LogP contribution in [0.25, 0.3) is 6.08 Å². The number of imide groups is 2. The van der Waals surface area contributed by atoms with Crippen molar-refractivity contribution >= 4 is 52.2 Å². The number of nitrogens with one attached hydrogen (secondary N) is 1. The third kappa shape index (κ3) is 5.11. The van der Waals surface area contributed by atoms with Crippen molar-refractivity contribution in [1.82, 2.24) is 5.32 Å². The first-order valence-corrected chi connectivity index (χ1v) is 12.0. The summed E-state index contributed by atoms with van der Waals surface area (Å²) in [4.78, 5) is 39.2. The van der Waals surface area contributed by atoms with Gasteiger partial charge in [-0.25, -0.2) is 14.1 Å². The number of anilines is 1. The SMILES string of the molecule is COc1cc(/C=C2\C(=O)NC(=O)N(c3ccc(C)c(C)c3)C2=O)cc(I)c1OCc1ccccc1F. The van der Waals surface area contributed by atoms with Gasteiger partial charge in [0.15, 0.2) is 11.5 Å². The van der Waals surface area contributed by atoms with Crippen LogP contribution in [0.3, 0.4) is 0 Å². The molecule has 0 spiro atoms. The Kier molecular flexibility index (Phi) is 7.39. The van der Waals surface area contributed by atoms with Gasteiger partial charge in [0.2, 0.25) is 0 Å². The first kappa shape index (κ1) is 25.4. The van der Waals surface area contributed by atoms with E-state index >= 15 is 0 Å². The summed E-state index contributed by atoms with van der Waals surface area (Å²) in [6, 6.07) is 14.0. The van der Waals surface area contributed by atoms with Crippen LogP contribution in [0.5, 0.6) is 11.5 Å². The molecule has 1 N–H and O–H groups in total. The molecule has 4 amide bonds. The minimum atomic E-state index is -0.811. The fourth-order valence-corrected chi connectivity index (χ4v) is 4.43. The van der Waals surface area contributed by atoms with E-state index in [4.69, 9.17) is 9.47 Å². The van der Waals surface area contributed by atoms with Gasteiger partial charge in [0.05, 0.1) is 16.4 Å². The minimum absolute atomic E-state index is 0.00655. The number of carbonyl (C=O) groups is 3. The number of barbiturate groups is 1. The molecule has 1 aliphatic rings. The summed E-state index contributed by atoms with van der Waals surface area (Å²) >= 11 is 2.04. The predicted octanol–water partition coefficient (Wildman–Crippen LogP) is 5.30. The molecule has 0 bridgehead atoms. The average Bonchev–Trinajstić information content (AvgIpc) is 2.83. The summed E-state index contributed by atoms with van der Waals surface area (Å²) < 4.78 is 25.9. The van der Waals surface area contributed by atoms with Gasteiger partial charge >= 0.3 is 6.03 Å². The van der Waals surface area contributed by atoms with Gasteiger partial charge < -0.3 is 9.47 Å². The number of methoxy groups -OCH3 is 1. The highest BCUT2D eigenvalue weighted by atomic mass is 127.